The van der Waals surface area contributed by atoms with Crippen molar-refractivity contribution in [3.8, 4) is 0 Å². The van der Waals surface area contributed by atoms with E-state index in [0.717, 1.165) is 45.0 Å². The zero-order chi connectivity index (χ0) is 17.4. The van der Waals surface area contributed by atoms with E-state index in [9.17, 15) is 18.0 Å². The van der Waals surface area contributed by atoms with Crippen LogP contribution in [-0.4, -0.2) is 42.4 Å². The molecule has 0 aromatic heterocycles. The van der Waals surface area contributed by atoms with Crippen molar-refractivity contribution in [2.45, 2.75) is 38.4 Å². The Morgan fingerprint density at radius 3 is 2.50 bits per heavy atom. The van der Waals surface area contributed by atoms with Crippen molar-refractivity contribution in [3.05, 3.63) is 35.4 Å². The number of piperidine rings is 2. The third-order valence-electron chi connectivity index (χ3n) is 5.44. The summed E-state index contributed by atoms with van der Waals surface area (Å²) in [4.78, 5) is 15.7. The third-order valence-corrected chi connectivity index (χ3v) is 5.44. The molecule has 1 aromatic rings. The van der Waals surface area contributed by atoms with Gasteiger partial charge in [0, 0.05) is 26.6 Å². The smallest absolute Gasteiger partial charge is 0.345 e. The fourth-order valence-electron chi connectivity index (χ4n) is 3.93. The normalized spacial score (nSPS) is 22.2. The molecule has 1 amide bonds. The molecular weight excluding hydrogens is 317 g/mol. The van der Waals surface area contributed by atoms with Gasteiger partial charge in [-0.2, -0.15) is 13.2 Å². The Morgan fingerprint density at radius 2 is 1.88 bits per heavy atom. The maximum Gasteiger partial charge on any atom is 0.416 e. The average molecular weight is 340 g/mol. The molecule has 2 aliphatic rings. The van der Waals surface area contributed by atoms with Crippen molar-refractivity contribution in [1.29, 1.82) is 0 Å². The quantitative estimate of drug-likeness (QED) is 0.822. The van der Waals surface area contributed by atoms with Crippen molar-refractivity contribution in [2.75, 3.05) is 26.7 Å². The first-order valence-corrected chi connectivity index (χ1v) is 8.40. The molecule has 3 nitrogen and oxygen atoms in total. The number of nitrogens with zero attached hydrogens (tertiary/aromatic N) is 2. The van der Waals surface area contributed by atoms with Gasteiger partial charge in [0.15, 0.2) is 0 Å². The minimum Gasteiger partial charge on any atom is -0.345 e. The van der Waals surface area contributed by atoms with Crippen LogP contribution in [0.1, 0.15) is 36.8 Å². The molecule has 0 saturated carbocycles. The predicted octanol–water partition coefficient (Wildman–Crippen LogP) is 3.54. The summed E-state index contributed by atoms with van der Waals surface area (Å²) in [5.74, 6) is 0.215. The van der Waals surface area contributed by atoms with Crippen LogP contribution in [0.25, 0.3) is 0 Å². The van der Waals surface area contributed by atoms with Crippen LogP contribution in [-0.2, 0) is 17.5 Å². The Balaban J connectivity index is 1.59. The van der Waals surface area contributed by atoms with Crippen LogP contribution < -0.4 is 0 Å². The van der Waals surface area contributed by atoms with Crippen molar-refractivity contribution < 1.29 is 18.0 Å². The summed E-state index contributed by atoms with van der Waals surface area (Å²) >= 11 is 0. The molecule has 0 atom stereocenters. The Bertz CT molecular complexity index is 607. The number of hydrogen-bond acceptors (Lipinski definition) is 2. The second kappa shape index (κ2) is 6.39. The van der Waals surface area contributed by atoms with Gasteiger partial charge in [0.25, 0.3) is 0 Å². The van der Waals surface area contributed by atoms with E-state index in [0.29, 0.717) is 18.5 Å². The number of likely N-dealkylation sites (tertiary alicyclic amines) is 2. The maximum atomic E-state index is 12.8. The largest absolute Gasteiger partial charge is 0.416 e. The monoisotopic (exact) mass is 340 g/mol. The molecule has 0 bridgehead atoms. The zero-order valence-corrected chi connectivity index (χ0v) is 13.9. The summed E-state index contributed by atoms with van der Waals surface area (Å²) in [6.45, 7) is 3.11. The van der Waals surface area contributed by atoms with Crippen molar-refractivity contribution in [1.82, 2.24) is 9.80 Å². The van der Waals surface area contributed by atoms with Crippen LogP contribution in [0, 0.1) is 5.41 Å². The van der Waals surface area contributed by atoms with Gasteiger partial charge in [-0.1, -0.05) is 18.2 Å². The molecule has 0 unspecified atom stereocenters. The number of carbonyl (C=O) groups is 1. The Hall–Kier alpha value is -1.56. The van der Waals surface area contributed by atoms with Gasteiger partial charge < -0.3 is 4.90 Å². The minimum atomic E-state index is -4.29. The number of halogens is 3. The van der Waals surface area contributed by atoms with Crippen molar-refractivity contribution >= 4 is 5.91 Å². The van der Waals surface area contributed by atoms with E-state index in [1.807, 2.05) is 11.9 Å². The van der Waals surface area contributed by atoms with Crippen LogP contribution >= 0.6 is 0 Å². The van der Waals surface area contributed by atoms with E-state index in [1.165, 1.54) is 12.1 Å². The standard InChI is InChI=1S/C18H23F3N2O/c1-22-13-17(6-5-16(22)24)7-9-23(10-8-17)12-14-3-2-4-15(11-14)18(19,20)21/h2-4,11H,5-10,12-13H2,1H3. The van der Waals surface area contributed by atoms with Gasteiger partial charge in [0.2, 0.25) is 5.91 Å². The van der Waals surface area contributed by atoms with Gasteiger partial charge in [-0.15, -0.1) is 0 Å². The molecule has 2 fully saturated rings. The summed E-state index contributed by atoms with van der Waals surface area (Å²) in [5, 5.41) is 0. The molecule has 2 saturated heterocycles. The predicted molar refractivity (Wildman–Crippen MR) is 85.3 cm³/mol. The average Bonchev–Trinajstić information content (AvgIpc) is 2.53. The van der Waals surface area contributed by atoms with E-state index in [-0.39, 0.29) is 11.3 Å². The molecule has 24 heavy (non-hydrogen) atoms. The van der Waals surface area contributed by atoms with Crippen LogP contribution in [0.5, 0.6) is 0 Å². The van der Waals surface area contributed by atoms with E-state index in [2.05, 4.69) is 4.90 Å². The summed E-state index contributed by atoms with van der Waals surface area (Å²) in [6.07, 6.45) is -0.730. The summed E-state index contributed by atoms with van der Waals surface area (Å²) in [7, 11) is 1.86. The number of amides is 1. The third kappa shape index (κ3) is 3.74. The second-order valence-electron chi connectivity index (χ2n) is 7.22. The molecule has 2 heterocycles. The number of carbonyl (C=O) groups excluding carboxylic acids is 1. The maximum absolute atomic E-state index is 12.8. The fraction of sp³-hybridized carbons (Fsp3) is 0.611. The van der Waals surface area contributed by atoms with Gasteiger partial charge in [-0.05, 0) is 49.4 Å². The Labute approximate surface area is 140 Å². The summed E-state index contributed by atoms with van der Waals surface area (Å²) in [5.41, 5.74) is 0.324. The van der Waals surface area contributed by atoms with Crippen molar-refractivity contribution in [3.63, 3.8) is 0 Å². The molecule has 6 heteroatoms. The SMILES string of the molecule is CN1CC2(CCC1=O)CCN(Cc1cccc(C(F)(F)F)c1)CC2. The lowest BCUT2D eigenvalue weighted by molar-refractivity contribution is -0.138. The number of rotatable bonds is 2. The Morgan fingerprint density at radius 1 is 1.17 bits per heavy atom. The second-order valence-corrected chi connectivity index (χ2v) is 7.22. The van der Waals surface area contributed by atoms with Gasteiger partial charge in [-0.25, -0.2) is 0 Å². The molecule has 132 valence electrons. The van der Waals surface area contributed by atoms with Crippen molar-refractivity contribution in [2.24, 2.45) is 5.41 Å². The molecule has 0 aliphatic carbocycles. The molecule has 0 N–H and O–H groups in total. The van der Waals surface area contributed by atoms with E-state index >= 15 is 0 Å². The molecule has 1 spiro atoms. The first-order chi connectivity index (χ1) is 11.3. The van der Waals surface area contributed by atoms with Crippen LogP contribution in [0.3, 0.4) is 0 Å². The van der Waals surface area contributed by atoms with Crippen LogP contribution in [0.15, 0.2) is 24.3 Å². The highest BCUT2D eigenvalue weighted by Gasteiger charge is 2.39. The highest BCUT2D eigenvalue weighted by atomic mass is 19.4. The van der Waals surface area contributed by atoms with Gasteiger partial charge in [0.1, 0.15) is 0 Å². The molecule has 2 aliphatic heterocycles. The summed E-state index contributed by atoms with van der Waals surface area (Å²) in [6, 6.07) is 5.60. The van der Waals surface area contributed by atoms with Gasteiger partial charge in [-0.3, -0.25) is 9.69 Å². The van der Waals surface area contributed by atoms with Crippen LogP contribution in [0.4, 0.5) is 13.2 Å². The zero-order valence-electron chi connectivity index (χ0n) is 13.9. The van der Waals surface area contributed by atoms with Gasteiger partial charge in [0.05, 0.1) is 5.56 Å². The van der Waals surface area contributed by atoms with E-state index in [4.69, 9.17) is 0 Å². The minimum absolute atomic E-state index is 0.201. The molecule has 3 rings (SSSR count). The number of benzene rings is 1. The lowest BCUT2D eigenvalue weighted by atomic mass is 9.72. The lowest BCUT2D eigenvalue weighted by Crippen LogP contribution is -2.50. The highest BCUT2D eigenvalue weighted by Crippen LogP contribution is 2.40. The fourth-order valence-corrected chi connectivity index (χ4v) is 3.93. The van der Waals surface area contributed by atoms with Gasteiger partial charge >= 0.3 is 6.18 Å². The lowest BCUT2D eigenvalue weighted by Gasteiger charge is -2.46. The molecular formula is C18H23F3N2O. The molecule has 1 aromatic carbocycles. The summed E-state index contributed by atoms with van der Waals surface area (Å²) < 4.78 is 38.4. The van der Waals surface area contributed by atoms with E-state index in [1.54, 1.807) is 6.07 Å². The highest BCUT2D eigenvalue weighted by molar-refractivity contribution is 5.76. The first kappa shape index (κ1) is 17.3. The van der Waals surface area contributed by atoms with E-state index < -0.39 is 11.7 Å². The van der Waals surface area contributed by atoms with Crippen LogP contribution in [0.2, 0.25) is 0 Å². The number of alkyl halides is 3. The Kier molecular flexibility index (Phi) is 4.60. The first-order valence-electron chi connectivity index (χ1n) is 8.40. The molecule has 0 radical (unpaired) electrons. The topological polar surface area (TPSA) is 23.6 Å². The number of hydrogen-bond donors (Lipinski definition) is 0.